The van der Waals surface area contributed by atoms with Crippen LogP contribution in [0.2, 0.25) is 0 Å². The first-order valence-corrected chi connectivity index (χ1v) is 8.61. The van der Waals surface area contributed by atoms with Crippen molar-refractivity contribution in [2.45, 2.75) is 6.92 Å². The Morgan fingerprint density at radius 3 is 2.62 bits per heavy atom. The minimum Gasteiger partial charge on any atom is -0.365 e. The zero-order valence-corrected chi connectivity index (χ0v) is 14.8. The van der Waals surface area contributed by atoms with Gasteiger partial charge in [-0.15, -0.1) is 0 Å². The van der Waals surface area contributed by atoms with Gasteiger partial charge in [0.2, 0.25) is 5.91 Å². The Hall–Kier alpha value is -2.93. The van der Waals surface area contributed by atoms with E-state index in [0.717, 1.165) is 24.3 Å². The lowest BCUT2D eigenvalue weighted by Gasteiger charge is -2.35. The first-order valence-electron chi connectivity index (χ1n) is 8.61. The second-order valence-corrected chi connectivity index (χ2v) is 6.42. The maximum atomic E-state index is 12.2. The highest BCUT2D eigenvalue weighted by Crippen LogP contribution is 2.18. The van der Waals surface area contributed by atoms with Crippen molar-refractivity contribution >= 4 is 23.3 Å². The number of carbonyl (C=O) groups excluding carboxylic acids is 2. The number of benzene rings is 1. The number of pyridine rings is 1. The molecule has 1 fully saturated rings. The van der Waals surface area contributed by atoms with Crippen LogP contribution in [0.4, 0.5) is 11.5 Å². The van der Waals surface area contributed by atoms with Gasteiger partial charge in [-0.3, -0.25) is 14.5 Å². The molecule has 0 spiro atoms. The number of piperazine rings is 1. The van der Waals surface area contributed by atoms with Crippen molar-refractivity contribution in [3.8, 4) is 0 Å². The fraction of sp³-hybridized carbons (Fsp3) is 0.316. The van der Waals surface area contributed by atoms with Crippen LogP contribution in [0, 0.1) is 6.92 Å². The Balaban J connectivity index is 1.54. The molecule has 0 atom stereocenters. The highest BCUT2D eigenvalue weighted by atomic mass is 16.2. The Morgan fingerprint density at radius 1 is 1.15 bits per heavy atom. The zero-order chi connectivity index (χ0) is 18.5. The van der Waals surface area contributed by atoms with E-state index in [0.29, 0.717) is 31.0 Å². The largest absolute Gasteiger partial charge is 0.365 e. The molecule has 2 amide bonds. The number of nitrogens with two attached hydrogens (primary N) is 1. The van der Waals surface area contributed by atoms with Crippen LogP contribution >= 0.6 is 0 Å². The summed E-state index contributed by atoms with van der Waals surface area (Å²) in [6.45, 7) is 5.15. The monoisotopic (exact) mass is 353 g/mol. The van der Waals surface area contributed by atoms with Gasteiger partial charge in [-0.1, -0.05) is 12.1 Å². The number of hydrogen-bond donors (Lipinski definition) is 2. The summed E-state index contributed by atoms with van der Waals surface area (Å²) < 4.78 is 0. The highest BCUT2D eigenvalue weighted by Gasteiger charge is 2.22. The topological polar surface area (TPSA) is 91.6 Å². The molecule has 1 aliphatic rings. The molecule has 1 aromatic carbocycles. The summed E-state index contributed by atoms with van der Waals surface area (Å²) in [4.78, 5) is 32.2. The Labute approximate surface area is 152 Å². The fourth-order valence-electron chi connectivity index (χ4n) is 3.09. The van der Waals surface area contributed by atoms with E-state index in [1.165, 1.54) is 0 Å². The number of anilines is 2. The standard InChI is InChI=1S/C19H23N5O2/c1-14-4-2-5-15(12-14)22-17(25)13-23-8-10-24(11-9-23)19-16(18(20)26)6-3-7-21-19/h2-7,12H,8-11,13H2,1H3,(H2,20,26)(H,22,25). The minimum atomic E-state index is -0.479. The summed E-state index contributed by atoms with van der Waals surface area (Å²) >= 11 is 0. The second-order valence-electron chi connectivity index (χ2n) is 6.42. The van der Waals surface area contributed by atoms with Gasteiger partial charge in [0, 0.05) is 38.1 Å². The number of aromatic nitrogens is 1. The molecule has 0 aliphatic carbocycles. The highest BCUT2D eigenvalue weighted by molar-refractivity contribution is 5.97. The average Bonchev–Trinajstić information content (AvgIpc) is 2.62. The summed E-state index contributed by atoms with van der Waals surface area (Å²) in [5, 5.41) is 2.93. The Bertz CT molecular complexity index is 800. The molecule has 2 aromatic rings. The lowest BCUT2D eigenvalue weighted by atomic mass is 10.2. The van der Waals surface area contributed by atoms with Gasteiger partial charge in [0.25, 0.3) is 5.91 Å². The van der Waals surface area contributed by atoms with Gasteiger partial charge >= 0.3 is 0 Å². The van der Waals surface area contributed by atoms with Crippen molar-refractivity contribution in [2.24, 2.45) is 5.73 Å². The molecular formula is C19H23N5O2. The van der Waals surface area contributed by atoms with E-state index in [9.17, 15) is 9.59 Å². The van der Waals surface area contributed by atoms with Gasteiger partial charge in [-0.2, -0.15) is 0 Å². The van der Waals surface area contributed by atoms with Crippen LogP contribution in [0.3, 0.4) is 0 Å². The molecule has 136 valence electrons. The molecule has 0 unspecified atom stereocenters. The third-order valence-corrected chi connectivity index (χ3v) is 4.39. The molecule has 1 aliphatic heterocycles. The molecule has 26 heavy (non-hydrogen) atoms. The summed E-state index contributed by atoms with van der Waals surface area (Å²) in [5.74, 6) is 0.108. The Morgan fingerprint density at radius 2 is 1.92 bits per heavy atom. The SMILES string of the molecule is Cc1cccc(NC(=O)CN2CCN(c3ncccc3C(N)=O)CC2)c1. The molecule has 3 N–H and O–H groups in total. The second kappa shape index (κ2) is 7.97. The van der Waals surface area contributed by atoms with E-state index in [-0.39, 0.29) is 5.91 Å². The van der Waals surface area contributed by atoms with Gasteiger partial charge in [-0.05, 0) is 36.8 Å². The third kappa shape index (κ3) is 4.37. The van der Waals surface area contributed by atoms with E-state index >= 15 is 0 Å². The lowest BCUT2D eigenvalue weighted by Crippen LogP contribution is -2.49. The van der Waals surface area contributed by atoms with Crippen molar-refractivity contribution in [1.29, 1.82) is 0 Å². The van der Waals surface area contributed by atoms with E-state index in [4.69, 9.17) is 5.73 Å². The van der Waals surface area contributed by atoms with E-state index in [1.54, 1.807) is 18.3 Å². The summed E-state index contributed by atoms with van der Waals surface area (Å²) in [6, 6.07) is 11.1. The van der Waals surface area contributed by atoms with Crippen LogP contribution in [0.5, 0.6) is 0 Å². The van der Waals surface area contributed by atoms with Crippen molar-refractivity contribution in [1.82, 2.24) is 9.88 Å². The number of primary amides is 1. The number of carbonyl (C=O) groups is 2. The average molecular weight is 353 g/mol. The molecule has 7 nitrogen and oxygen atoms in total. The molecular weight excluding hydrogens is 330 g/mol. The summed E-state index contributed by atoms with van der Waals surface area (Å²) in [7, 11) is 0. The van der Waals surface area contributed by atoms with Crippen LogP contribution in [-0.2, 0) is 4.79 Å². The number of aryl methyl sites for hydroxylation is 1. The summed E-state index contributed by atoms with van der Waals surface area (Å²) in [5.41, 5.74) is 7.78. The van der Waals surface area contributed by atoms with Gasteiger partial charge < -0.3 is 16.0 Å². The smallest absolute Gasteiger partial charge is 0.252 e. The molecule has 3 rings (SSSR count). The molecule has 7 heteroatoms. The Kier molecular flexibility index (Phi) is 5.48. The van der Waals surface area contributed by atoms with Crippen molar-refractivity contribution < 1.29 is 9.59 Å². The van der Waals surface area contributed by atoms with Crippen LogP contribution in [0.1, 0.15) is 15.9 Å². The van der Waals surface area contributed by atoms with Crippen LogP contribution < -0.4 is 16.0 Å². The van der Waals surface area contributed by atoms with Crippen LogP contribution in [0.25, 0.3) is 0 Å². The first-order chi connectivity index (χ1) is 12.5. The van der Waals surface area contributed by atoms with Gasteiger partial charge in [0.15, 0.2) is 0 Å². The predicted octanol–water partition coefficient (Wildman–Crippen LogP) is 1.25. The van der Waals surface area contributed by atoms with Gasteiger partial charge in [0.1, 0.15) is 5.82 Å². The maximum absolute atomic E-state index is 12.2. The third-order valence-electron chi connectivity index (χ3n) is 4.39. The summed E-state index contributed by atoms with van der Waals surface area (Å²) in [6.07, 6.45) is 1.66. The molecule has 1 aromatic heterocycles. The molecule has 0 bridgehead atoms. The normalized spacial score (nSPS) is 14.9. The van der Waals surface area contributed by atoms with Crippen molar-refractivity contribution in [3.05, 3.63) is 53.7 Å². The first kappa shape index (κ1) is 17.9. The molecule has 0 saturated carbocycles. The molecule has 2 heterocycles. The van der Waals surface area contributed by atoms with Crippen molar-refractivity contribution in [2.75, 3.05) is 42.9 Å². The maximum Gasteiger partial charge on any atom is 0.252 e. The quantitative estimate of drug-likeness (QED) is 0.844. The lowest BCUT2D eigenvalue weighted by molar-refractivity contribution is -0.117. The van der Waals surface area contributed by atoms with E-state index in [2.05, 4.69) is 15.2 Å². The number of nitrogens with zero attached hydrogens (tertiary/aromatic N) is 3. The minimum absolute atomic E-state index is 0.0280. The number of hydrogen-bond acceptors (Lipinski definition) is 5. The zero-order valence-electron chi connectivity index (χ0n) is 14.8. The fourth-order valence-corrected chi connectivity index (χ4v) is 3.09. The van der Waals surface area contributed by atoms with Gasteiger partial charge in [-0.25, -0.2) is 4.98 Å². The number of nitrogens with one attached hydrogen (secondary N) is 1. The predicted molar refractivity (Wildman–Crippen MR) is 101 cm³/mol. The molecule has 1 saturated heterocycles. The van der Waals surface area contributed by atoms with E-state index < -0.39 is 5.91 Å². The number of rotatable bonds is 5. The number of amides is 2. The van der Waals surface area contributed by atoms with E-state index in [1.807, 2.05) is 36.1 Å². The van der Waals surface area contributed by atoms with Crippen LogP contribution in [-0.4, -0.2) is 54.4 Å². The molecule has 0 radical (unpaired) electrons. The van der Waals surface area contributed by atoms with Gasteiger partial charge in [0.05, 0.1) is 12.1 Å². The van der Waals surface area contributed by atoms with Crippen LogP contribution in [0.15, 0.2) is 42.6 Å². The van der Waals surface area contributed by atoms with Crippen molar-refractivity contribution in [3.63, 3.8) is 0 Å².